The SMILES string of the molecule is C[C@@H](Oc1ccc(Cl)cc1Cl)C(=O)NCCCn1cncn1. The van der Waals surface area contributed by atoms with Crippen LogP contribution in [0.2, 0.25) is 10.0 Å². The molecule has 118 valence electrons. The zero-order valence-corrected chi connectivity index (χ0v) is 13.5. The average molecular weight is 343 g/mol. The van der Waals surface area contributed by atoms with Gasteiger partial charge in [0.25, 0.3) is 5.91 Å². The monoisotopic (exact) mass is 342 g/mol. The Kier molecular flexibility index (Phi) is 6.03. The van der Waals surface area contributed by atoms with Gasteiger partial charge in [-0.25, -0.2) is 4.98 Å². The van der Waals surface area contributed by atoms with Gasteiger partial charge >= 0.3 is 0 Å². The Labute approximate surface area is 138 Å². The number of carbonyl (C=O) groups excluding carboxylic acids is 1. The van der Waals surface area contributed by atoms with Gasteiger partial charge < -0.3 is 10.1 Å². The Morgan fingerprint density at radius 3 is 2.95 bits per heavy atom. The lowest BCUT2D eigenvalue weighted by atomic mass is 10.3. The van der Waals surface area contributed by atoms with E-state index >= 15 is 0 Å². The molecule has 1 heterocycles. The molecule has 0 radical (unpaired) electrons. The standard InChI is InChI=1S/C14H16Cl2N4O2/c1-10(22-13-4-3-11(15)7-12(13)16)14(21)18-5-2-6-20-9-17-8-19-20/h3-4,7-10H,2,5-6H2,1H3,(H,18,21)/t10-/m1/s1. The molecule has 1 aromatic heterocycles. The molecule has 2 rings (SSSR count). The quantitative estimate of drug-likeness (QED) is 0.785. The third-order valence-electron chi connectivity index (χ3n) is 2.90. The van der Waals surface area contributed by atoms with Crippen molar-refractivity contribution < 1.29 is 9.53 Å². The van der Waals surface area contributed by atoms with Gasteiger partial charge in [0.05, 0.1) is 5.02 Å². The van der Waals surface area contributed by atoms with Crippen LogP contribution in [0.5, 0.6) is 5.75 Å². The Hall–Kier alpha value is -1.79. The van der Waals surface area contributed by atoms with Crippen LogP contribution >= 0.6 is 23.2 Å². The number of rotatable bonds is 7. The first-order chi connectivity index (χ1) is 10.6. The molecule has 0 bridgehead atoms. The number of aryl methyl sites for hydroxylation is 1. The highest BCUT2D eigenvalue weighted by Crippen LogP contribution is 2.28. The number of aromatic nitrogens is 3. The molecule has 0 saturated carbocycles. The molecule has 2 aromatic rings. The third kappa shape index (κ3) is 4.89. The predicted molar refractivity (Wildman–Crippen MR) is 84.2 cm³/mol. The fourth-order valence-electron chi connectivity index (χ4n) is 1.76. The second kappa shape index (κ2) is 8.00. The number of amides is 1. The summed E-state index contributed by atoms with van der Waals surface area (Å²) in [5.74, 6) is 0.223. The molecule has 8 heteroatoms. The predicted octanol–water partition coefficient (Wildman–Crippen LogP) is 2.56. The van der Waals surface area contributed by atoms with E-state index in [-0.39, 0.29) is 5.91 Å². The van der Waals surface area contributed by atoms with Crippen LogP contribution in [0.25, 0.3) is 0 Å². The van der Waals surface area contributed by atoms with E-state index in [2.05, 4.69) is 15.4 Å². The van der Waals surface area contributed by atoms with Gasteiger partial charge in [0.15, 0.2) is 6.10 Å². The molecule has 0 aliphatic carbocycles. The largest absolute Gasteiger partial charge is 0.479 e. The van der Waals surface area contributed by atoms with Gasteiger partial charge in [-0.05, 0) is 31.5 Å². The van der Waals surface area contributed by atoms with Crippen molar-refractivity contribution in [2.24, 2.45) is 0 Å². The Morgan fingerprint density at radius 2 is 2.27 bits per heavy atom. The summed E-state index contributed by atoms with van der Waals surface area (Å²) in [5.41, 5.74) is 0. The second-order valence-corrected chi connectivity index (χ2v) is 5.48. The molecule has 0 fully saturated rings. The number of nitrogens with one attached hydrogen (secondary N) is 1. The molecular weight excluding hydrogens is 327 g/mol. The summed E-state index contributed by atoms with van der Waals surface area (Å²) in [6, 6.07) is 4.87. The van der Waals surface area contributed by atoms with E-state index in [9.17, 15) is 4.79 Å². The number of carbonyl (C=O) groups is 1. The number of hydrogen-bond acceptors (Lipinski definition) is 4. The van der Waals surface area contributed by atoms with E-state index in [0.29, 0.717) is 28.9 Å². The Bertz CT molecular complexity index is 619. The van der Waals surface area contributed by atoms with Crippen LogP contribution in [0.3, 0.4) is 0 Å². The highest BCUT2D eigenvalue weighted by atomic mass is 35.5. The maximum absolute atomic E-state index is 11.9. The van der Waals surface area contributed by atoms with Crippen LogP contribution in [-0.2, 0) is 11.3 Å². The van der Waals surface area contributed by atoms with Crippen molar-refractivity contribution in [3.63, 3.8) is 0 Å². The fraction of sp³-hybridized carbons (Fsp3) is 0.357. The number of halogens is 2. The van der Waals surface area contributed by atoms with Crippen molar-refractivity contribution in [1.29, 1.82) is 0 Å². The maximum atomic E-state index is 11.9. The van der Waals surface area contributed by atoms with Crippen molar-refractivity contribution in [3.8, 4) is 5.75 Å². The highest BCUT2D eigenvalue weighted by molar-refractivity contribution is 6.35. The molecule has 1 atom stereocenters. The molecule has 0 unspecified atom stereocenters. The maximum Gasteiger partial charge on any atom is 0.260 e. The third-order valence-corrected chi connectivity index (χ3v) is 3.43. The number of benzene rings is 1. The summed E-state index contributed by atoms with van der Waals surface area (Å²) in [6.07, 6.45) is 3.22. The molecule has 6 nitrogen and oxygen atoms in total. The minimum absolute atomic E-state index is 0.204. The molecule has 22 heavy (non-hydrogen) atoms. The van der Waals surface area contributed by atoms with Gasteiger partial charge in [0, 0.05) is 18.1 Å². The number of hydrogen-bond donors (Lipinski definition) is 1. The van der Waals surface area contributed by atoms with Crippen LogP contribution in [-0.4, -0.2) is 33.3 Å². The summed E-state index contributed by atoms with van der Waals surface area (Å²) < 4.78 is 7.24. The summed E-state index contributed by atoms with van der Waals surface area (Å²) in [6.45, 7) is 2.89. The lowest BCUT2D eigenvalue weighted by Gasteiger charge is -2.15. The lowest BCUT2D eigenvalue weighted by Crippen LogP contribution is -2.37. The van der Waals surface area contributed by atoms with E-state index in [1.807, 2.05) is 0 Å². The van der Waals surface area contributed by atoms with E-state index in [1.165, 1.54) is 6.33 Å². The summed E-state index contributed by atoms with van der Waals surface area (Å²) in [5, 5.41) is 7.67. The van der Waals surface area contributed by atoms with Crippen LogP contribution in [0.15, 0.2) is 30.9 Å². The first-order valence-electron chi connectivity index (χ1n) is 6.78. The van der Waals surface area contributed by atoms with Crippen LogP contribution in [0.1, 0.15) is 13.3 Å². The van der Waals surface area contributed by atoms with Crippen molar-refractivity contribution in [2.45, 2.75) is 26.0 Å². The Balaban J connectivity index is 1.74. The first kappa shape index (κ1) is 16.6. The molecule has 0 aliphatic rings. The fourth-order valence-corrected chi connectivity index (χ4v) is 2.21. The van der Waals surface area contributed by atoms with Crippen molar-refractivity contribution >= 4 is 29.1 Å². The molecule has 1 N–H and O–H groups in total. The number of nitrogens with zero attached hydrogens (tertiary/aromatic N) is 3. The minimum atomic E-state index is -0.648. The summed E-state index contributed by atoms with van der Waals surface area (Å²) in [4.78, 5) is 15.8. The summed E-state index contributed by atoms with van der Waals surface area (Å²) >= 11 is 11.8. The Morgan fingerprint density at radius 1 is 1.45 bits per heavy atom. The molecule has 1 aromatic carbocycles. The van der Waals surface area contributed by atoms with E-state index in [1.54, 1.807) is 36.1 Å². The normalized spacial score (nSPS) is 12.0. The average Bonchev–Trinajstić information content (AvgIpc) is 2.99. The molecule has 0 aliphatic heterocycles. The topological polar surface area (TPSA) is 69.0 Å². The smallest absolute Gasteiger partial charge is 0.260 e. The summed E-state index contributed by atoms with van der Waals surface area (Å²) in [7, 11) is 0. The van der Waals surface area contributed by atoms with Gasteiger partial charge in [0.1, 0.15) is 18.4 Å². The van der Waals surface area contributed by atoms with E-state index < -0.39 is 6.10 Å². The van der Waals surface area contributed by atoms with Gasteiger partial charge in [0.2, 0.25) is 0 Å². The van der Waals surface area contributed by atoms with Crippen molar-refractivity contribution in [3.05, 3.63) is 40.9 Å². The lowest BCUT2D eigenvalue weighted by molar-refractivity contribution is -0.127. The van der Waals surface area contributed by atoms with Crippen LogP contribution < -0.4 is 10.1 Å². The second-order valence-electron chi connectivity index (χ2n) is 4.64. The zero-order chi connectivity index (χ0) is 15.9. The number of ether oxygens (including phenoxy) is 1. The van der Waals surface area contributed by atoms with Crippen molar-refractivity contribution in [2.75, 3.05) is 6.54 Å². The van der Waals surface area contributed by atoms with E-state index in [4.69, 9.17) is 27.9 Å². The van der Waals surface area contributed by atoms with Gasteiger partial charge in [-0.15, -0.1) is 0 Å². The van der Waals surface area contributed by atoms with Crippen molar-refractivity contribution in [1.82, 2.24) is 20.1 Å². The van der Waals surface area contributed by atoms with Gasteiger partial charge in [-0.3, -0.25) is 9.48 Å². The highest BCUT2D eigenvalue weighted by Gasteiger charge is 2.15. The van der Waals surface area contributed by atoms with Gasteiger partial charge in [-0.1, -0.05) is 23.2 Å². The first-order valence-corrected chi connectivity index (χ1v) is 7.53. The van der Waals surface area contributed by atoms with E-state index in [0.717, 1.165) is 6.42 Å². The van der Waals surface area contributed by atoms with Crippen LogP contribution in [0, 0.1) is 0 Å². The molecule has 0 spiro atoms. The molecule has 0 saturated heterocycles. The van der Waals surface area contributed by atoms with Crippen LogP contribution in [0.4, 0.5) is 0 Å². The zero-order valence-electron chi connectivity index (χ0n) is 12.0. The van der Waals surface area contributed by atoms with Gasteiger partial charge in [-0.2, -0.15) is 5.10 Å². The molecule has 1 amide bonds. The minimum Gasteiger partial charge on any atom is -0.479 e. The molecular formula is C14H16Cl2N4O2.